The zero-order valence-corrected chi connectivity index (χ0v) is 17.8. The number of aromatic nitrogens is 5. The number of aromatic amines is 1. The first-order valence-electron chi connectivity index (χ1n) is 10.7. The molecule has 1 saturated carbocycles. The number of hydrogen-bond acceptors (Lipinski definition) is 8. The summed E-state index contributed by atoms with van der Waals surface area (Å²) in [6.07, 6.45) is 5.13. The molecule has 2 bridgehead atoms. The van der Waals surface area contributed by atoms with E-state index in [1.54, 1.807) is 26.4 Å². The average molecular weight is 434 g/mol. The summed E-state index contributed by atoms with van der Waals surface area (Å²) in [5, 5.41) is 4.57. The number of piperidine rings is 1. The Bertz CT molecular complexity index is 1340. The lowest BCUT2D eigenvalue weighted by Gasteiger charge is -2.31. The first-order valence-corrected chi connectivity index (χ1v) is 10.7. The van der Waals surface area contributed by atoms with E-state index >= 15 is 0 Å². The molecule has 164 valence electrons. The van der Waals surface area contributed by atoms with Crippen LogP contribution in [0.3, 0.4) is 0 Å². The highest BCUT2D eigenvalue weighted by atomic mass is 19.1. The highest BCUT2D eigenvalue weighted by molar-refractivity contribution is 6.14. The number of H-pyrrole nitrogens is 1. The predicted molar refractivity (Wildman–Crippen MR) is 120 cm³/mol. The van der Waals surface area contributed by atoms with Gasteiger partial charge in [-0.2, -0.15) is 9.97 Å². The van der Waals surface area contributed by atoms with Gasteiger partial charge >= 0.3 is 6.01 Å². The van der Waals surface area contributed by atoms with Crippen molar-refractivity contribution in [2.24, 2.45) is 11.7 Å². The normalized spacial score (nSPS) is 22.2. The van der Waals surface area contributed by atoms with Crippen molar-refractivity contribution in [1.29, 1.82) is 0 Å². The fourth-order valence-electron chi connectivity index (χ4n) is 5.07. The van der Waals surface area contributed by atoms with Crippen LogP contribution in [0.5, 0.6) is 11.8 Å². The van der Waals surface area contributed by atoms with Crippen molar-refractivity contribution < 1.29 is 9.13 Å². The van der Waals surface area contributed by atoms with Crippen molar-refractivity contribution in [3.63, 3.8) is 0 Å². The van der Waals surface area contributed by atoms with E-state index in [0.29, 0.717) is 34.9 Å². The van der Waals surface area contributed by atoms with Crippen LogP contribution in [0.1, 0.15) is 18.7 Å². The summed E-state index contributed by atoms with van der Waals surface area (Å²) in [5.41, 5.74) is 8.30. The minimum atomic E-state index is -0.323. The van der Waals surface area contributed by atoms with Crippen molar-refractivity contribution in [2.45, 2.75) is 31.8 Å². The molecule has 4 aromatic rings. The van der Waals surface area contributed by atoms with Gasteiger partial charge in [0.25, 0.3) is 0 Å². The van der Waals surface area contributed by atoms with Crippen molar-refractivity contribution in [3.05, 3.63) is 36.2 Å². The summed E-state index contributed by atoms with van der Waals surface area (Å²) in [5.74, 6) is 1.93. The molecule has 3 aromatic heterocycles. The van der Waals surface area contributed by atoms with Crippen molar-refractivity contribution in [2.75, 3.05) is 23.8 Å². The lowest BCUT2D eigenvalue weighted by atomic mass is 10.0. The molecule has 0 amide bonds. The molecule has 2 aliphatic rings. The molecule has 1 saturated heterocycles. The Kier molecular flexibility index (Phi) is 4.19. The third-order valence-electron chi connectivity index (χ3n) is 6.59. The summed E-state index contributed by atoms with van der Waals surface area (Å²) in [6, 6.07) is 3.68. The van der Waals surface area contributed by atoms with Gasteiger partial charge in [-0.15, -0.1) is 0 Å². The van der Waals surface area contributed by atoms with E-state index in [9.17, 15) is 4.39 Å². The van der Waals surface area contributed by atoms with E-state index < -0.39 is 0 Å². The van der Waals surface area contributed by atoms with Crippen LogP contribution in [0, 0.1) is 18.7 Å². The van der Waals surface area contributed by atoms with Crippen LogP contribution in [0.15, 0.2) is 24.5 Å². The average Bonchev–Trinajstić information content (AvgIpc) is 3.46. The summed E-state index contributed by atoms with van der Waals surface area (Å²) in [6.45, 7) is 2.62. The van der Waals surface area contributed by atoms with Gasteiger partial charge in [-0.1, -0.05) is 0 Å². The van der Waals surface area contributed by atoms with Crippen LogP contribution in [0.25, 0.3) is 21.9 Å². The van der Waals surface area contributed by atoms with Gasteiger partial charge in [-0.05, 0) is 37.8 Å². The number of nitrogens with zero attached hydrogens (tertiary/aromatic N) is 5. The monoisotopic (exact) mass is 434 g/mol. The molecular formula is C22H23FN8O. The van der Waals surface area contributed by atoms with Crippen LogP contribution in [0.4, 0.5) is 15.9 Å². The summed E-state index contributed by atoms with van der Waals surface area (Å²) in [4.78, 5) is 23.3. The van der Waals surface area contributed by atoms with E-state index in [2.05, 4.69) is 30.2 Å². The summed E-state index contributed by atoms with van der Waals surface area (Å²) in [7, 11) is 1.76. The maximum Gasteiger partial charge on any atom is 0.326 e. The second kappa shape index (κ2) is 6.99. The van der Waals surface area contributed by atoms with Gasteiger partial charge in [0.1, 0.15) is 23.1 Å². The number of ether oxygens (including phenoxy) is 1. The molecule has 4 N–H and O–H groups in total. The Labute approximate surface area is 183 Å². The van der Waals surface area contributed by atoms with E-state index in [-0.39, 0.29) is 17.9 Å². The van der Waals surface area contributed by atoms with Crippen LogP contribution >= 0.6 is 0 Å². The van der Waals surface area contributed by atoms with Crippen LogP contribution < -0.4 is 20.7 Å². The quantitative estimate of drug-likeness (QED) is 0.448. The SMILES string of the molecule is CNc1cc(F)cc2c1[nH]c1nc(Oc3cnc(C)nc3)nc(N3CC4CC3C[C@H]4N)c12. The highest BCUT2D eigenvalue weighted by Crippen LogP contribution is 2.44. The maximum absolute atomic E-state index is 14.4. The molecular weight excluding hydrogens is 411 g/mol. The molecule has 9 nitrogen and oxygen atoms in total. The number of nitrogens with one attached hydrogen (secondary N) is 2. The zero-order chi connectivity index (χ0) is 22.0. The van der Waals surface area contributed by atoms with Crippen molar-refractivity contribution in [3.8, 4) is 11.8 Å². The van der Waals surface area contributed by atoms with Gasteiger partial charge < -0.3 is 25.7 Å². The zero-order valence-electron chi connectivity index (χ0n) is 17.8. The largest absolute Gasteiger partial charge is 0.421 e. The minimum Gasteiger partial charge on any atom is -0.421 e. The van der Waals surface area contributed by atoms with Crippen molar-refractivity contribution >= 4 is 33.4 Å². The summed E-state index contributed by atoms with van der Waals surface area (Å²) >= 11 is 0. The smallest absolute Gasteiger partial charge is 0.326 e. The maximum atomic E-state index is 14.4. The van der Waals surface area contributed by atoms with Crippen molar-refractivity contribution in [1.82, 2.24) is 24.9 Å². The molecule has 4 heterocycles. The Hall–Kier alpha value is -3.53. The first-order chi connectivity index (χ1) is 15.5. The number of halogens is 1. The van der Waals surface area contributed by atoms with Gasteiger partial charge in [0.05, 0.1) is 29.0 Å². The molecule has 0 radical (unpaired) electrons. The van der Waals surface area contributed by atoms with Gasteiger partial charge in [-0.3, -0.25) is 0 Å². The predicted octanol–water partition coefficient (Wildman–Crippen LogP) is 3.11. The number of fused-ring (bicyclic) bond motifs is 5. The van der Waals surface area contributed by atoms with E-state index in [0.717, 1.165) is 41.5 Å². The van der Waals surface area contributed by atoms with Gasteiger partial charge in [0.2, 0.25) is 0 Å². The highest BCUT2D eigenvalue weighted by Gasteiger charge is 2.44. The number of aryl methyl sites for hydroxylation is 1. The second-order valence-electron chi connectivity index (χ2n) is 8.57. The fourth-order valence-corrected chi connectivity index (χ4v) is 5.07. The molecule has 6 rings (SSSR count). The molecule has 32 heavy (non-hydrogen) atoms. The summed E-state index contributed by atoms with van der Waals surface area (Å²) < 4.78 is 20.3. The third kappa shape index (κ3) is 2.94. The van der Waals surface area contributed by atoms with Crippen LogP contribution in [0.2, 0.25) is 0 Å². The third-order valence-corrected chi connectivity index (χ3v) is 6.59. The topological polar surface area (TPSA) is 118 Å². The molecule has 1 aliphatic heterocycles. The number of anilines is 2. The van der Waals surface area contributed by atoms with Crippen LogP contribution in [-0.2, 0) is 0 Å². The molecule has 1 aliphatic carbocycles. The molecule has 3 atom stereocenters. The number of nitrogens with two attached hydrogens (primary N) is 1. The van der Waals surface area contributed by atoms with E-state index in [1.165, 1.54) is 12.1 Å². The number of benzene rings is 1. The standard InChI is InChI=1S/C22H23FN8O/c1-10-26-7-14(8-27-10)32-22-29-20-18(15-4-12(23)5-17(25-2)19(15)28-20)21(30-22)31-9-11-3-13(31)6-16(11)24/h4-5,7-8,11,13,16,25H,3,6,9,24H2,1-2H3,(H,28,29,30)/t11?,13?,16-/m1/s1. The first kappa shape index (κ1) is 19.2. The van der Waals surface area contributed by atoms with Crippen LogP contribution in [-0.4, -0.2) is 50.6 Å². The Morgan fingerprint density at radius 3 is 2.72 bits per heavy atom. The van der Waals surface area contributed by atoms with Gasteiger partial charge in [0, 0.05) is 31.1 Å². The van der Waals surface area contributed by atoms with E-state index in [4.69, 9.17) is 15.5 Å². The Morgan fingerprint density at radius 1 is 1.22 bits per heavy atom. The Balaban J connectivity index is 1.55. The molecule has 10 heteroatoms. The van der Waals surface area contributed by atoms with Gasteiger partial charge in [0.15, 0.2) is 5.75 Å². The molecule has 2 fully saturated rings. The van der Waals surface area contributed by atoms with E-state index in [1.807, 2.05) is 0 Å². The molecule has 2 unspecified atom stereocenters. The number of hydrogen-bond donors (Lipinski definition) is 3. The minimum absolute atomic E-state index is 0.185. The molecule has 1 aromatic carbocycles. The van der Waals surface area contributed by atoms with Gasteiger partial charge in [-0.25, -0.2) is 14.4 Å². The number of rotatable bonds is 4. The second-order valence-corrected chi connectivity index (χ2v) is 8.57. The molecule has 0 spiro atoms. The Morgan fingerprint density at radius 2 is 2.03 bits per heavy atom. The lowest BCUT2D eigenvalue weighted by molar-refractivity contribution is 0.435. The fraction of sp³-hybridized carbons (Fsp3) is 0.364. The lowest BCUT2D eigenvalue weighted by Crippen LogP contribution is -2.41.